The maximum Gasteiger partial charge on any atom is 0.0534 e. The average Bonchev–Trinajstić information content (AvgIpc) is 2.66. The predicted molar refractivity (Wildman–Crippen MR) is 65.2 cm³/mol. The van der Waals surface area contributed by atoms with Crippen LogP contribution in [0.5, 0.6) is 0 Å². The Labute approximate surface area is 97.6 Å². The number of nitrogens with zero attached hydrogens (tertiary/aromatic N) is 3. The lowest BCUT2D eigenvalue weighted by Gasteiger charge is -2.26. The molecule has 0 atom stereocenters. The third-order valence-electron chi connectivity index (χ3n) is 2.85. The van der Waals surface area contributed by atoms with E-state index < -0.39 is 0 Å². The quantitative estimate of drug-likeness (QED) is 0.823. The molecule has 2 heterocycles. The number of nitrogens with one attached hydrogen (secondary N) is 1. The molecule has 0 bridgehead atoms. The first-order chi connectivity index (χ1) is 7.74. The van der Waals surface area contributed by atoms with E-state index in [1.165, 1.54) is 5.56 Å². The summed E-state index contributed by atoms with van der Waals surface area (Å²) < 4.78 is 2.06. The second-order valence-electron chi connectivity index (χ2n) is 4.99. The van der Waals surface area contributed by atoms with Gasteiger partial charge in [0.2, 0.25) is 0 Å². The van der Waals surface area contributed by atoms with Crippen LogP contribution in [0.15, 0.2) is 12.4 Å². The van der Waals surface area contributed by atoms with Gasteiger partial charge in [-0.1, -0.05) is 13.8 Å². The van der Waals surface area contributed by atoms with Gasteiger partial charge in [0.25, 0.3) is 0 Å². The zero-order valence-electron chi connectivity index (χ0n) is 10.3. The number of hydrogen-bond acceptors (Lipinski definition) is 3. The summed E-state index contributed by atoms with van der Waals surface area (Å²) in [6, 6.07) is 0. The number of aromatic nitrogens is 2. The second kappa shape index (κ2) is 5.46. The molecule has 1 fully saturated rings. The van der Waals surface area contributed by atoms with Gasteiger partial charge in [0.15, 0.2) is 0 Å². The Balaban J connectivity index is 1.86. The fourth-order valence-electron chi connectivity index (χ4n) is 2.09. The molecule has 2 rings (SSSR count). The van der Waals surface area contributed by atoms with Crippen LogP contribution in [0.1, 0.15) is 19.4 Å². The fourth-order valence-corrected chi connectivity index (χ4v) is 2.09. The Morgan fingerprint density at radius 2 is 2.12 bits per heavy atom. The highest BCUT2D eigenvalue weighted by Crippen LogP contribution is 2.06. The minimum absolute atomic E-state index is 0.659. The highest BCUT2D eigenvalue weighted by atomic mass is 15.3. The Morgan fingerprint density at radius 1 is 1.38 bits per heavy atom. The summed E-state index contributed by atoms with van der Waals surface area (Å²) in [5.74, 6) is 0.659. The summed E-state index contributed by atoms with van der Waals surface area (Å²) in [5, 5.41) is 7.77. The summed E-state index contributed by atoms with van der Waals surface area (Å²) in [5.41, 5.74) is 1.34. The Bertz CT molecular complexity index is 313. The van der Waals surface area contributed by atoms with Crippen LogP contribution in [0.25, 0.3) is 0 Å². The number of piperazine rings is 1. The lowest BCUT2D eigenvalue weighted by Crippen LogP contribution is -2.42. The van der Waals surface area contributed by atoms with Gasteiger partial charge in [-0.25, -0.2) is 0 Å². The van der Waals surface area contributed by atoms with Crippen molar-refractivity contribution < 1.29 is 0 Å². The van der Waals surface area contributed by atoms with Crippen molar-refractivity contribution >= 4 is 0 Å². The number of hydrogen-bond donors (Lipinski definition) is 1. The second-order valence-corrected chi connectivity index (χ2v) is 4.99. The lowest BCUT2D eigenvalue weighted by molar-refractivity contribution is 0.233. The zero-order valence-corrected chi connectivity index (χ0v) is 10.3. The van der Waals surface area contributed by atoms with Gasteiger partial charge in [0, 0.05) is 51.0 Å². The molecule has 0 aromatic carbocycles. The largest absolute Gasteiger partial charge is 0.314 e. The topological polar surface area (TPSA) is 33.1 Å². The van der Waals surface area contributed by atoms with E-state index in [4.69, 9.17) is 0 Å². The summed E-state index contributed by atoms with van der Waals surface area (Å²) in [7, 11) is 0. The molecule has 0 aliphatic carbocycles. The van der Waals surface area contributed by atoms with Crippen molar-refractivity contribution in [2.75, 3.05) is 26.2 Å². The normalized spacial score (nSPS) is 18.2. The van der Waals surface area contributed by atoms with Crippen molar-refractivity contribution in [1.29, 1.82) is 0 Å². The van der Waals surface area contributed by atoms with Crippen LogP contribution in [0.4, 0.5) is 0 Å². The summed E-state index contributed by atoms with van der Waals surface area (Å²) in [6.07, 6.45) is 4.19. The maximum absolute atomic E-state index is 4.40. The maximum atomic E-state index is 4.40. The molecule has 16 heavy (non-hydrogen) atoms. The minimum Gasteiger partial charge on any atom is -0.314 e. The standard InChI is InChI=1S/C12H22N4/c1-11(2)8-16-10-12(7-14-16)9-15-5-3-13-4-6-15/h7,10-11,13H,3-6,8-9H2,1-2H3. The van der Waals surface area contributed by atoms with E-state index in [-0.39, 0.29) is 0 Å². The molecule has 0 amide bonds. The van der Waals surface area contributed by atoms with Crippen molar-refractivity contribution in [3.05, 3.63) is 18.0 Å². The molecule has 1 aromatic rings. The third-order valence-corrected chi connectivity index (χ3v) is 2.85. The van der Waals surface area contributed by atoms with Gasteiger partial charge in [-0.2, -0.15) is 5.10 Å². The van der Waals surface area contributed by atoms with Crippen molar-refractivity contribution in [3.63, 3.8) is 0 Å². The fraction of sp³-hybridized carbons (Fsp3) is 0.750. The molecule has 90 valence electrons. The van der Waals surface area contributed by atoms with Gasteiger partial charge >= 0.3 is 0 Å². The van der Waals surface area contributed by atoms with E-state index in [1.807, 2.05) is 6.20 Å². The van der Waals surface area contributed by atoms with Gasteiger partial charge < -0.3 is 5.32 Å². The molecule has 0 radical (unpaired) electrons. The molecule has 1 saturated heterocycles. The van der Waals surface area contributed by atoms with Crippen LogP contribution < -0.4 is 5.32 Å². The molecular formula is C12H22N4. The van der Waals surface area contributed by atoms with Crippen LogP contribution >= 0.6 is 0 Å². The van der Waals surface area contributed by atoms with Crippen LogP contribution in [0.3, 0.4) is 0 Å². The molecule has 4 heteroatoms. The molecule has 1 aliphatic rings. The third kappa shape index (κ3) is 3.32. The van der Waals surface area contributed by atoms with Crippen molar-refractivity contribution in [3.8, 4) is 0 Å². The Hall–Kier alpha value is -0.870. The monoisotopic (exact) mass is 222 g/mol. The summed E-state index contributed by atoms with van der Waals surface area (Å²) in [6.45, 7) is 11.0. The number of rotatable bonds is 4. The van der Waals surface area contributed by atoms with Crippen molar-refractivity contribution in [2.45, 2.75) is 26.9 Å². The first-order valence-electron chi connectivity index (χ1n) is 6.18. The van der Waals surface area contributed by atoms with Gasteiger partial charge in [-0.3, -0.25) is 9.58 Å². The smallest absolute Gasteiger partial charge is 0.0534 e. The van der Waals surface area contributed by atoms with Gasteiger partial charge in [0.1, 0.15) is 0 Å². The van der Waals surface area contributed by atoms with Gasteiger partial charge in [-0.05, 0) is 5.92 Å². The Morgan fingerprint density at radius 3 is 2.81 bits per heavy atom. The van der Waals surface area contributed by atoms with E-state index in [9.17, 15) is 0 Å². The Kier molecular flexibility index (Phi) is 3.96. The van der Waals surface area contributed by atoms with Gasteiger partial charge in [0.05, 0.1) is 6.20 Å². The summed E-state index contributed by atoms with van der Waals surface area (Å²) in [4.78, 5) is 2.48. The molecule has 4 nitrogen and oxygen atoms in total. The van der Waals surface area contributed by atoms with Crippen molar-refractivity contribution in [2.24, 2.45) is 5.92 Å². The first kappa shape index (κ1) is 11.6. The average molecular weight is 222 g/mol. The van der Waals surface area contributed by atoms with Crippen molar-refractivity contribution in [1.82, 2.24) is 20.0 Å². The molecule has 1 aliphatic heterocycles. The molecule has 0 unspecified atom stereocenters. The zero-order chi connectivity index (χ0) is 11.4. The first-order valence-corrected chi connectivity index (χ1v) is 6.18. The van der Waals surface area contributed by atoms with Gasteiger partial charge in [-0.15, -0.1) is 0 Å². The van der Waals surface area contributed by atoms with Crippen LogP contribution in [0.2, 0.25) is 0 Å². The molecule has 0 saturated carbocycles. The molecule has 1 N–H and O–H groups in total. The van der Waals surface area contributed by atoms with Crippen LogP contribution in [0, 0.1) is 5.92 Å². The van der Waals surface area contributed by atoms with E-state index in [2.05, 4.69) is 40.0 Å². The highest BCUT2D eigenvalue weighted by Gasteiger charge is 2.10. The van der Waals surface area contributed by atoms with E-state index in [0.29, 0.717) is 5.92 Å². The lowest BCUT2D eigenvalue weighted by atomic mass is 10.2. The molecule has 0 spiro atoms. The SMILES string of the molecule is CC(C)Cn1cc(CN2CCNCC2)cn1. The molecule has 1 aromatic heterocycles. The summed E-state index contributed by atoms with van der Waals surface area (Å²) >= 11 is 0. The van der Waals surface area contributed by atoms with Crippen LogP contribution in [-0.2, 0) is 13.1 Å². The van der Waals surface area contributed by atoms with E-state index >= 15 is 0 Å². The minimum atomic E-state index is 0.659. The highest BCUT2D eigenvalue weighted by molar-refractivity contribution is 5.03. The molecular weight excluding hydrogens is 200 g/mol. The predicted octanol–water partition coefficient (Wildman–Crippen LogP) is 0.944. The van der Waals surface area contributed by atoms with E-state index in [0.717, 1.165) is 39.3 Å². The van der Waals surface area contributed by atoms with E-state index in [1.54, 1.807) is 0 Å². The van der Waals surface area contributed by atoms with Crippen LogP contribution in [-0.4, -0.2) is 40.9 Å².